The molecular weight excluding hydrogens is 316 g/mol. The Hall–Kier alpha value is -1.63. The normalized spacial score (nSPS) is 10.1. The largest absolute Gasteiger partial charge is 0.469 e. The third kappa shape index (κ3) is 4.20. The van der Waals surface area contributed by atoms with E-state index < -0.39 is 4.92 Å². The van der Waals surface area contributed by atoms with Crippen molar-refractivity contribution in [2.45, 2.75) is 13.3 Å². The molecule has 19 heavy (non-hydrogen) atoms. The molecule has 0 aliphatic heterocycles. The molecular formula is C12H15BrN2O4. The number of ether oxygens (including phenoxy) is 1. The average molecular weight is 331 g/mol. The maximum atomic E-state index is 11.2. The number of benzene rings is 1. The number of methoxy groups -OCH3 is 1. The zero-order valence-electron chi connectivity index (χ0n) is 10.8. The van der Waals surface area contributed by atoms with Crippen LogP contribution in [-0.4, -0.2) is 31.1 Å². The Morgan fingerprint density at radius 3 is 2.74 bits per heavy atom. The monoisotopic (exact) mass is 330 g/mol. The van der Waals surface area contributed by atoms with Crippen LogP contribution in [0.3, 0.4) is 0 Å². The highest BCUT2D eigenvalue weighted by Crippen LogP contribution is 2.31. The highest BCUT2D eigenvalue weighted by molar-refractivity contribution is 9.10. The van der Waals surface area contributed by atoms with Crippen molar-refractivity contribution in [3.8, 4) is 0 Å². The van der Waals surface area contributed by atoms with Gasteiger partial charge in [0.15, 0.2) is 0 Å². The molecule has 0 saturated carbocycles. The highest BCUT2D eigenvalue weighted by Gasteiger charge is 2.19. The molecule has 1 rings (SSSR count). The minimum Gasteiger partial charge on any atom is -0.469 e. The molecule has 0 bridgehead atoms. The van der Waals surface area contributed by atoms with E-state index in [-0.39, 0.29) is 18.1 Å². The van der Waals surface area contributed by atoms with E-state index in [1.54, 1.807) is 17.0 Å². The van der Waals surface area contributed by atoms with Crippen molar-refractivity contribution in [3.63, 3.8) is 0 Å². The van der Waals surface area contributed by atoms with E-state index in [1.807, 2.05) is 6.92 Å². The first kappa shape index (κ1) is 15.4. The predicted molar refractivity (Wildman–Crippen MR) is 75.3 cm³/mol. The van der Waals surface area contributed by atoms with Crippen LogP contribution in [0.15, 0.2) is 22.7 Å². The topological polar surface area (TPSA) is 72.7 Å². The predicted octanol–water partition coefficient (Wildman–Crippen LogP) is 2.75. The van der Waals surface area contributed by atoms with E-state index in [0.717, 1.165) is 4.47 Å². The van der Waals surface area contributed by atoms with Crippen LogP contribution < -0.4 is 4.90 Å². The van der Waals surface area contributed by atoms with Gasteiger partial charge in [-0.3, -0.25) is 14.9 Å². The highest BCUT2D eigenvalue weighted by atomic mass is 79.9. The Balaban J connectivity index is 2.99. The number of anilines is 1. The molecule has 0 atom stereocenters. The number of nitro benzene ring substituents is 1. The Bertz CT molecular complexity index is 479. The summed E-state index contributed by atoms with van der Waals surface area (Å²) in [5, 5.41) is 11.0. The quantitative estimate of drug-likeness (QED) is 0.455. The Labute approximate surface area is 119 Å². The zero-order valence-corrected chi connectivity index (χ0v) is 12.3. The van der Waals surface area contributed by atoms with E-state index in [2.05, 4.69) is 20.7 Å². The van der Waals surface area contributed by atoms with Gasteiger partial charge in [0.05, 0.1) is 18.5 Å². The van der Waals surface area contributed by atoms with E-state index >= 15 is 0 Å². The van der Waals surface area contributed by atoms with Crippen molar-refractivity contribution in [3.05, 3.63) is 32.8 Å². The van der Waals surface area contributed by atoms with Crippen LogP contribution in [-0.2, 0) is 9.53 Å². The van der Waals surface area contributed by atoms with Crippen LogP contribution in [0.2, 0.25) is 0 Å². The molecule has 1 aromatic rings. The second-order valence-corrected chi connectivity index (χ2v) is 4.71. The van der Waals surface area contributed by atoms with Crippen LogP contribution in [0.4, 0.5) is 11.4 Å². The number of nitrogens with zero attached hydrogens (tertiary/aromatic N) is 2. The number of rotatable bonds is 6. The van der Waals surface area contributed by atoms with Gasteiger partial charge in [0, 0.05) is 23.6 Å². The molecule has 0 aromatic heterocycles. The van der Waals surface area contributed by atoms with Crippen LogP contribution >= 0.6 is 15.9 Å². The molecule has 0 saturated heterocycles. The number of esters is 1. The summed E-state index contributed by atoms with van der Waals surface area (Å²) < 4.78 is 5.33. The molecule has 0 aliphatic rings. The average Bonchev–Trinajstić information content (AvgIpc) is 2.38. The summed E-state index contributed by atoms with van der Waals surface area (Å²) >= 11 is 3.30. The number of hydrogen-bond donors (Lipinski definition) is 0. The van der Waals surface area contributed by atoms with Crippen molar-refractivity contribution < 1.29 is 14.5 Å². The molecule has 6 nitrogen and oxygen atoms in total. The fourth-order valence-corrected chi connectivity index (χ4v) is 2.03. The van der Waals surface area contributed by atoms with Gasteiger partial charge in [-0.05, 0) is 19.1 Å². The molecule has 0 aliphatic carbocycles. The molecule has 0 spiro atoms. The van der Waals surface area contributed by atoms with Gasteiger partial charge in [0.1, 0.15) is 5.69 Å². The Morgan fingerprint density at radius 2 is 2.21 bits per heavy atom. The Kier molecular flexibility index (Phi) is 5.75. The molecule has 0 heterocycles. The van der Waals surface area contributed by atoms with Gasteiger partial charge in [-0.25, -0.2) is 0 Å². The molecule has 0 N–H and O–H groups in total. The summed E-state index contributed by atoms with van der Waals surface area (Å²) in [6.45, 7) is 2.82. The van der Waals surface area contributed by atoms with E-state index in [4.69, 9.17) is 0 Å². The summed E-state index contributed by atoms with van der Waals surface area (Å²) in [4.78, 5) is 23.5. The second-order valence-electron chi connectivity index (χ2n) is 3.80. The number of nitro groups is 1. The first-order valence-electron chi connectivity index (χ1n) is 5.75. The number of halogens is 1. The lowest BCUT2D eigenvalue weighted by Crippen LogP contribution is -2.26. The lowest BCUT2D eigenvalue weighted by molar-refractivity contribution is -0.384. The Morgan fingerprint density at radius 1 is 1.53 bits per heavy atom. The van der Waals surface area contributed by atoms with Gasteiger partial charge >= 0.3 is 5.97 Å². The zero-order chi connectivity index (χ0) is 14.4. The third-order valence-corrected chi connectivity index (χ3v) is 3.16. The number of hydrogen-bond acceptors (Lipinski definition) is 5. The van der Waals surface area contributed by atoms with Gasteiger partial charge in [-0.15, -0.1) is 0 Å². The van der Waals surface area contributed by atoms with Crippen molar-refractivity contribution in [1.29, 1.82) is 0 Å². The van der Waals surface area contributed by atoms with Gasteiger partial charge in [-0.1, -0.05) is 15.9 Å². The lowest BCUT2D eigenvalue weighted by atomic mass is 10.2. The summed E-state index contributed by atoms with van der Waals surface area (Å²) in [7, 11) is 1.32. The van der Waals surface area contributed by atoms with Crippen molar-refractivity contribution in [1.82, 2.24) is 0 Å². The maximum Gasteiger partial charge on any atom is 0.307 e. The molecule has 1 aromatic carbocycles. The molecule has 0 fully saturated rings. The smallest absolute Gasteiger partial charge is 0.307 e. The van der Waals surface area contributed by atoms with E-state index in [9.17, 15) is 14.9 Å². The van der Waals surface area contributed by atoms with E-state index in [1.165, 1.54) is 13.2 Å². The second kappa shape index (κ2) is 7.08. The van der Waals surface area contributed by atoms with E-state index in [0.29, 0.717) is 18.8 Å². The molecule has 0 unspecified atom stereocenters. The maximum absolute atomic E-state index is 11.2. The fourth-order valence-electron chi connectivity index (χ4n) is 1.68. The molecule has 0 amide bonds. The van der Waals surface area contributed by atoms with Crippen molar-refractivity contribution in [2.24, 2.45) is 0 Å². The standard InChI is InChI=1S/C12H15BrN2O4/c1-3-14(7-6-12(16)19-2)11-8-9(13)4-5-10(11)15(17)18/h4-5,8H,3,6-7H2,1-2H3. The first-order valence-corrected chi connectivity index (χ1v) is 6.54. The SMILES string of the molecule is CCN(CCC(=O)OC)c1cc(Br)ccc1[N+](=O)[O-]. The van der Waals surface area contributed by atoms with Crippen LogP contribution in [0.5, 0.6) is 0 Å². The van der Waals surface area contributed by atoms with Gasteiger partial charge in [0.25, 0.3) is 5.69 Å². The van der Waals surface area contributed by atoms with Gasteiger partial charge in [-0.2, -0.15) is 0 Å². The fraction of sp³-hybridized carbons (Fsp3) is 0.417. The van der Waals surface area contributed by atoms with Crippen LogP contribution in [0.1, 0.15) is 13.3 Å². The molecule has 104 valence electrons. The van der Waals surface area contributed by atoms with Crippen molar-refractivity contribution >= 4 is 33.3 Å². The van der Waals surface area contributed by atoms with Gasteiger partial charge in [0.2, 0.25) is 0 Å². The number of carbonyl (C=O) groups excluding carboxylic acids is 1. The molecule has 0 radical (unpaired) electrons. The third-order valence-electron chi connectivity index (χ3n) is 2.67. The minimum atomic E-state index is -0.428. The minimum absolute atomic E-state index is 0.0231. The summed E-state index contributed by atoms with van der Waals surface area (Å²) in [6, 6.07) is 4.74. The van der Waals surface area contributed by atoms with Crippen LogP contribution in [0.25, 0.3) is 0 Å². The summed E-state index contributed by atoms with van der Waals surface area (Å²) in [5.41, 5.74) is 0.515. The number of carbonyl (C=O) groups is 1. The summed E-state index contributed by atoms with van der Waals surface area (Å²) in [6.07, 6.45) is 0.188. The molecule has 7 heteroatoms. The first-order chi connectivity index (χ1) is 8.99. The van der Waals surface area contributed by atoms with Crippen molar-refractivity contribution in [2.75, 3.05) is 25.1 Å². The summed E-state index contributed by atoms with van der Waals surface area (Å²) in [5.74, 6) is -0.337. The van der Waals surface area contributed by atoms with Gasteiger partial charge < -0.3 is 9.64 Å². The lowest BCUT2D eigenvalue weighted by Gasteiger charge is -2.22. The van der Waals surface area contributed by atoms with Crippen LogP contribution in [0, 0.1) is 10.1 Å².